The summed E-state index contributed by atoms with van der Waals surface area (Å²) in [6.45, 7) is -0.555. The summed E-state index contributed by atoms with van der Waals surface area (Å²) in [7, 11) is 0. The lowest BCUT2D eigenvalue weighted by molar-refractivity contribution is -0.177. The molecule has 1 rings (SSSR count). The summed E-state index contributed by atoms with van der Waals surface area (Å²) in [6, 6.07) is 0. The average molecular weight is 259 g/mol. The maximum Gasteiger partial charge on any atom is 0.411 e. The van der Waals surface area contributed by atoms with Crippen LogP contribution in [0.2, 0.25) is 5.15 Å². The normalized spacial score (nSPS) is 11.9. The van der Waals surface area contributed by atoms with E-state index in [-0.39, 0.29) is 11.5 Å². The summed E-state index contributed by atoms with van der Waals surface area (Å²) in [5, 5.41) is -0.432. The van der Waals surface area contributed by atoms with Crippen molar-refractivity contribution in [2.45, 2.75) is 19.7 Å². The van der Waals surface area contributed by atoms with Crippen molar-refractivity contribution in [3.05, 3.63) is 22.5 Å². The molecule has 0 fully saturated rings. The molecule has 3 nitrogen and oxygen atoms in total. The molecule has 0 N–H and O–H groups in total. The van der Waals surface area contributed by atoms with E-state index in [1.54, 1.807) is 0 Å². The van der Waals surface area contributed by atoms with Gasteiger partial charge in [0.05, 0.1) is 5.69 Å². The van der Waals surface area contributed by atoms with Gasteiger partial charge in [-0.15, -0.1) is 0 Å². The molecule has 0 bridgehead atoms. The second-order valence-electron chi connectivity index (χ2n) is 2.94. The van der Waals surface area contributed by atoms with Gasteiger partial charge in [0.1, 0.15) is 13.2 Å². The smallest absolute Gasteiger partial charge is 0.364 e. The second-order valence-corrected chi connectivity index (χ2v) is 3.30. The van der Waals surface area contributed by atoms with Crippen LogP contribution in [0.4, 0.5) is 17.6 Å². The molecule has 0 aliphatic rings. The fourth-order valence-corrected chi connectivity index (χ4v) is 1.14. The van der Waals surface area contributed by atoms with Crippen LogP contribution in [0.1, 0.15) is 11.5 Å². The number of nitrogens with zero attached hydrogens (tertiary/aromatic N) is 2. The highest BCUT2D eigenvalue weighted by Crippen LogP contribution is 2.17. The van der Waals surface area contributed by atoms with Gasteiger partial charge < -0.3 is 4.74 Å². The molecule has 0 amide bonds. The third-order valence-electron chi connectivity index (χ3n) is 1.52. The number of ether oxygens (including phenoxy) is 1. The third-order valence-corrected chi connectivity index (χ3v) is 1.77. The van der Waals surface area contributed by atoms with Gasteiger partial charge in [-0.2, -0.15) is 13.2 Å². The third kappa shape index (κ3) is 3.90. The predicted molar refractivity (Wildman–Crippen MR) is 47.4 cm³/mol. The average Bonchev–Trinajstić information content (AvgIpc) is 2.12. The Hall–Kier alpha value is -0.950. The Kier molecular flexibility index (Phi) is 4.03. The molecular weight excluding hydrogens is 252 g/mol. The number of rotatable bonds is 3. The van der Waals surface area contributed by atoms with Crippen LogP contribution in [0, 0.1) is 12.7 Å². The molecule has 0 aliphatic carbocycles. The van der Waals surface area contributed by atoms with E-state index >= 15 is 0 Å². The molecular formula is C8H7ClF4N2O. The minimum atomic E-state index is -4.42. The first-order chi connectivity index (χ1) is 7.29. The molecule has 0 saturated heterocycles. The van der Waals surface area contributed by atoms with E-state index in [0.717, 1.165) is 0 Å². The summed E-state index contributed by atoms with van der Waals surface area (Å²) in [5.41, 5.74) is -0.0365. The topological polar surface area (TPSA) is 35.0 Å². The number of aromatic nitrogens is 2. The Morgan fingerprint density at radius 2 is 1.94 bits per heavy atom. The highest BCUT2D eigenvalue weighted by molar-refractivity contribution is 6.29. The lowest BCUT2D eigenvalue weighted by Gasteiger charge is -2.07. The minimum absolute atomic E-state index is 0.0365. The number of hydrogen-bond donors (Lipinski definition) is 0. The molecule has 0 saturated carbocycles. The number of alkyl halides is 3. The standard InChI is InChI=1S/C8H7ClF4N2O/c1-4-6(10)7(9)15-5(14-4)2-16-3-8(11,12)13/h2-3H2,1H3. The monoisotopic (exact) mass is 258 g/mol. The molecule has 0 aliphatic heterocycles. The van der Waals surface area contributed by atoms with E-state index < -0.39 is 30.4 Å². The van der Waals surface area contributed by atoms with Crippen LogP contribution < -0.4 is 0 Å². The van der Waals surface area contributed by atoms with Crippen LogP contribution in [0.3, 0.4) is 0 Å². The van der Waals surface area contributed by atoms with Gasteiger partial charge >= 0.3 is 6.18 Å². The van der Waals surface area contributed by atoms with E-state index in [0.29, 0.717) is 0 Å². The maximum absolute atomic E-state index is 12.9. The van der Waals surface area contributed by atoms with Crippen molar-refractivity contribution in [2.75, 3.05) is 6.61 Å². The van der Waals surface area contributed by atoms with E-state index in [1.807, 2.05) is 0 Å². The van der Waals surface area contributed by atoms with Gasteiger partial charge in [0.25, 0.3) is 0 Å². The molecule has 8 heteroatoms. The highest BCUT2D eigenvalue weighted by Gasteiger charge is 2.27. The summed E-state index contributed by atoms with van der Waals surface area (Å²) >= 11 is 5.38. The summed E-state index contributed by atoms with van der Waals surface area (Å²) < 4.78 is 52.4. The van der Waals surface area contributed by atoms with Crippen molar-refractivity contribution >= 4 is 11.6 Å². The van der Waals surface area contributed by atoms with Crippen molar-refractivity contribution in [2.24, 2.45) is 0 Å². The van der Waals surface area contributed by atoms with Gasteiger partial charge in [-0.05, 0) is 6.92 Å². The number of hydrogen-bond acceptors (Lipinski definition) is 3. The van der Waals surface area contributed by atoms with Crippen molar-refractivity contribution in [3.8, 4) is 0 Å². The molecule has 1 aromatic heterocycles. The Labute approximate surface area is 93.4 Å². The lowest BCUT2D eigenvalue weighted by Crippen LogP contribution is -2.17. The van der Waals surface area contributed by atoms with Crippen LogP contribution in [0.25, 0.3) is 0 Å². The molecule has 0 spiro atoms. The van der Waals surface area contributed by atoms with Crippen molar-refractivity contribution in [3.63, 3.8) is 0 Å². The summed E-state index contributed by atoms with van der Waals surface area (Å²) in [4.78, 5) is 7.03. The first-order valence-corrected chi connectivity index (χ1v) is 4.50. The van der Waals surface area contributed by atoms with Gasteiger partial charge in [-0.25, -0.2) is 14.4 Å². The quantitative estimate of drug-likeness (QED) is 0.618. The van der Waals surface area contributed by atoms with E-state index in [1.165, 1.54) is 6.92 Å². The highest BCUT2D eigenvalue weighted by atomic mass is 35.5. The van der Waals surface area contributed by atoms with Gasteiger partial charge in [0.15, 0.2) is 16.8 Å². The Morgan fingerprint density at radius 3 is 2.44 bits per heavy atom. The molecule has 90 valence electrons. The molecule has 0 atom stereocenters. The molecule has 16 heavy (non-hydrogen) atoms. The zero-order chi connectivity index (χ0) is 12.3. The Balaban J connectivity index is 2.62. The maximum atomic E-state index is 12.9. The minimum Gasteiger partial charge on any atom is -0.364 e. The SMILES string of the molecule is Cc1nc(COCC(F)(F)F)nc(Cl)c1F. The van der Waals surface area contributed by atoms with Gasteiger partial charge in [0, 0.05) is 0 Å². The second kappa shape index (κ2) is 4.92. The molecule has 0 aromatic carbocycles. The molecule has 1 aromatic rings. The van der Waals surface area contributed by atoms with Gasteiger partial charge in [0.2, 0.25) is 0 Å². The van der Waals surface area contributed by atoms with Crippen LogP contribution in [-0.4, -0.2) is 22.8 Å². The van der Waals surface area contributed by atoms with Crippen molar-refractivity contribution < 1.29 is 22.3 Å². The summed E-state index contributed by atoms with van der Waals surface area (Å²) in [5.74, 6) is -0.880. The fourth-order valence-electron chi connectivity index (χ4n) is 0.902. The molecule has 0 radical (unpaired) electrons. The lowest BCUT2D eigenvalue weighted by atomic mass is 10.4. The zero-order valence-corrected chi connectivity index (χ0v) is 8.86. The van der Waals surface area contributed by atoms with Crippen LogP contribution in [-0.2, 0) is 11.3 Å². The van der Waals surface area contributed by atoms with Crippen molar-refractivity contribution in [1.82, 2.24) is 9.97 Å². The summed E-state index contributed by atoms with van der Waals surface area (Å²) in [6.07, 6.45) is -4.42. The van der Waals surface area contributed by atoms with E-state index in [9.17, 15) is 17.6 Å². The molecule has 0 unspecified atom stereocenters. The largest absolute Gasteiger partial charge is 0.411 e. The number of halogens is 5. The first kappa shape index (κ1) is 13.1. The first-order valence-electron chi connectivity index (χ1n) is 4.12. The Morgan fingerprint density at radius 1 is 1.31 bits per heavy atom. The zero-order valence-electron chi connectivity index (χ0n) is 8.11. The molecule has 1 heterocycles. The van der Waals surface area contributed by atoms with E-state index in [2.05, 4.69) is 14.7 Å². The van der Waals surface area contributed by atoms with Crippen LogP contribution >= 0.6 is 11.6 Å². The van der Waals surface area contributed by atoms with E-state index in [4.69, 9.17) is 11.6 Å². The Bertz CT molecular complexity index is 360. The van der Waals surface area contributed by atoms with Gasteiger partial charge in [-0.1, -0.05) is 11.6 Å². The van der Waals surface area contributed by atoms with Crippen LogP contribution in [0.5, 0.6) is 0 Å². The van der Waals surface area contributed by atoms with Crippen LogP contribution in [0.15, 0.2) is 0 Å². The van der Waals surface area contributed by atoms with Gasteiger partial charge in [-0.3, -0.25) is 0 Å². The predicted octanol–water partition coefficient (Wildman–Crippen LogP) is 2.66. The van der Waals surface area contributed by atoms with Crippen molar-refractivity contribution in [1.29, 1.82) is 0 Å². The fraction of sp³-hybridized carbons (Fsp3) is 0.500. The number of aryl methyl sites for hydroxylation is 1.